The summed E-state index contributed by atoms with van der Waals surface area (Å²) in [4.78, 5) is 0. The second-order valence-electron chi connectivity index (χ2n) is 5.76. The van der Waals surface area contributed by atoms with Crippen LogP contribution in [0.3, 0.4) is 0 Å². The zero-order valence-electron chi connectivity index (χ0n) is 13.9. The van der Waals surface area contributed by atoms with Gasteiger partial charge in [0.1, 0.15) is 0 Å². The molecule has 0 amide bonds. The standard InChI is InChI=1S/C21H16ClN3S/c22-18-11-7-8-16(14-18)15-26-21-24-23-20(17-9-3-1-4-10-17)25(21)19-12-5-2-6-13-19/h1-14H,15H2. The van der Waals surface area contributed by atoms with Crippen LogP contribution < -0.4 is 0 Å². The van der Waals surface area contributed by atoms with E-state index in [4.69, 9.17) is 11.6 Å². The Morgan fingerprint density at radius 1 is 0.808 bits per heavy atom. The minimum absolute atomic E-state index is 0.748. The summed E-state index contributed by atoms with van der Waals surface area (Å²) < 4.78 is 2.10. The van der Waals surface area contributed by atoms with Crippen molar-refractivity contribution in [1.82, 2.24) is 14.8 Å². The molecular weight excluding hydrogens is 362 g/mol. The lowest BCUT2D eigenvalue weighted by Crippen LogP contribution is -1.99. The first-order chi connectivity index (χ1) is 12.8. The monoisotopic (exact) mass is 377 g/mol. The summed E-state index contributed by atoms with van der Waals surface area (Å²) in [5, 5.41) is 10.5. The van der Waals surface area contributed by atoms with E-state index in [-0.39, 0.29) is 0 Å². The van der Waals surface area contributed by atoms with E-state index in [1.165, 1.54) is 0 Å². The van der Waals surface area contributed by atoms with Gasteiger partial charge in [-0.05, 0) is 29.8 Å². The highest BCUT2D eigenvalue weighted by Crippen LogP contribution is 2.30. The predicted octanol–water partition coefficient (Wildman–Crippen LogP) is 5.88. The Morgan fingerprint density at radius 3 is 2.27 bits per heavy atom. The third-order valence-electron chi connectivity index (χ3n) is 3.94. The minimum atomic E-state index is 0.748. The maximum atomic E-state index is 6.10. The minimum Gasteiger partial charge on any atom is -0.270 e. The molecule has 0 aliphatic heterocycles. The van der Waals surface area contributed by atoms with Crippen LogP contribution in [0.5, 0.6) is 0 Å². The number of benzene rings is 3. The van der Waals surface area contributed by atoms with E-state index in [1.807, 2.05) is 54.6 Å². The third kappa shape index (κ3) is 3.66. The van der Waals surface area contributed by atoms with Crippen molar-refractivity contribution in [3.05, 3.63) is 95.5 Å². The van der Waals surface area contributed by atoms with Gasteiger partial charge >= 0.3 is 0 Å². The van der Waals surface area contributed by atoms with Gasteiger partial charge in [-0.3, -0.25) is 4.57 Å². The number of halogens is 1. The number of para-hydroxylation sites is 1. The van der Waals surface area contributed by atoms with Crippen LogP contribution in [0.4, 0.5) is 0 Å². The quantitative estimate of drug-likeness (QED) is 0.407. The molecule has 3 aromatic carbocycles. The maximum Gasteiger partial charge on any atom is 0.196 e. The fraction of sp³-hybridized carbons (Fsp3) is 0.0476. The molecule has 1 heterocycles. The molecule has 0 radical (unpaired) electrons. The van der Waals surface area contributed by atoms with Gasteiger partial charge in [0, 0.05) is 22.0 Å². The average Bonchev–Trinajstić information content (AvgIpc) is 3.12. The van der Waals surface area contributed by atoms with Crippen LogP contribution in [-0.4, -0.2) is 14.8 Å². The number of hydrogen-bond acceptors (Lipinski definition) is 3. The Kier molecular flexibility index (Phi) is 5.04. The molecule has 0 bridgehead atoms. The van der Waals surface area contributed by atoms with Crippen molar-refractivity contribution in [2.75, 3.05) is 0 Å². The van der Waals surface area contributed by atoms with E-state index >= 15 is 0 Å². The molecule has 26 heavy (non-hydrogen) atoms. The molecule has 0 saturated heterocycles. The zero-order valence-corrected chi connectivity index (χ0v) is 15.5. The molecule has 0 N–H and O–H groups in total. The summed E-state index contributed by atoms with van der Waals surface area (Å²) in [6.45, 7) is 0. The first-order valence-electron chi connectivity index (χ1n) is 8.25. The highest BCUT2D eigenvalue weighted by molar-refractivity contribution is 7.98. The van der Waals surface area contributed by atoms with Gasteiger partial charge in [0.15, 0.2) is 11.0 Å². The lowest BCUT2D eigenvalue weighted by atomic mass is 10.2. The van der Waals surface area contributed by atoms with Crippen molar-refractivity contribution in [2.45, 2.75) is 10.9 Å². The van der Waals surface area contributed by atoms with Gasteiger partial charge in [-0.25, -0.2) is 0 Å². The van der Waals surface area contributed by atoms with Crippen molar-refractivity contribution in [3.63, 3.8) is 0 Å². The van der Waals surface area contributed by atoms with Crippen LogP contribution in [0.15, 0.2) is 90.1 Å². The van der Waals surface area contributed by atoms with Gasteiger partial charge in [-0.15, -0.1) is 10.2 Å². The SMILES string of the molecule is Clc1cccc(CSc2nnc(-c3ccccc3)n2-c2ccccc2)c1. The molecule has 0 aliphatic rings. The van der Waals surface area contributed by atoms with Gasteiger partial charge in [-0.1, -0.05) is 84.0 Å². The van der Waals surface area contributed by atoms with Crippen LogP contribution >= 0.6 is 23.4 Å². The third-order valence-corrected chi connectivity index (χ3v) is 5.17. The van der Waals surface area contributed by atoms with Gasteiger partial charge in [0.05, 0.1) is 0 Å². The average molecular weight is 378 g/mol. The molecule has 0 saturated carbocycles. The molecule has 1 aromatic heterocycles. The molecule has 0 spiro atoms. The molecule has 0 fully saturated rings. The lowest BCUT2D eigenvalue weighted by Gasteiger charge is -2.10. The van der Waals surface area contributed by atoms with E-state index in [0.717, 1.165) is 38.6 Å². The summed E-state index contributed by atoms with van der Waals surface area (Å²) in [7, 11) is 0. The molecule has 4 rings (SSSR count). The van der Waals surface area contributed by atoms with E-state index < -0.39 is 0 Å². The van der Waals surface area contributed by atoms with Gasteiger partial charge in [0.25, 0.3) is 0 Å². The Labute approximate surface area is 161 Å². The van der Waals surface area contributed by atoms with Crippen LogP contribution in [0, 0.1) is 0 Å². The maximum absolute atomic E-state index is 6.10. The van der Waals surface area contributed by atoms with Crippen molar-refractivity contribution in [2.24, 2.45) is 0 Å². The first-order valence-corrected chi connectivity index (χ1v) is 9.61. The molecule has 0 aliphatic carbocycles. The first kappa shape index (κ1) is 16.9. The van der Waals surface area contributed by atoms with Crippen LogP contribution in [0.2, 0.25) is 5.02 Å². The second kappa shape index (κ2) is 7.77. The van der Waals surface area contributed by atoms with Crippen molar-refractivity contribution in [3.8, 4) is 17.1 Å². The van der Waals surface area contributed by atoms with Crippen LogP contribution in [0.25, 0.3) is 17.1 Å². The van der Waals surface area contributed by atoms with Gasteiger partial charge in [0.2, 0.25) is 0 Å². The predicted molar refractivity (Wildman–Crippen MR) is 108 cm³/mol. The lowest BCUT2D eigenvalue weighted by molar-refractivity contribution is 0.886. The molecule has 0 unspecified atom stereocenters. The molecule has 3 nitrogen and oxygen atoms in total. The number of thioether (sulfide) groups is 1. The van der Waals surface area contributed by atoms with Crippen molar-refractivity contribution < 1.29 is 0 Å². The summed E-state index contributed by atoms with van der Waals surface area (Å²) in [6.07, 6.45) is 0. The normalized spacial score (nSPS) is 10.8. The topological polar surface area (TPSA) is 30.7 Å². The highest BCUT2D eigenvalue weighted by Gasteiger charge is 2.15. The smallest absolute Gasteiger partial charge is 0.196 e. The molecule has 5 heteroatoms. The number of aromatic nitrogens is 3. The summed E-state index contributed by atoms with van der Waals surface area (Å²) in [6, 6.07) is 28.2. The Hall–Kier alpha value is -2.56. The summed E-state index contributed by atoms with van der Waals surface area (Å²) in [5.74, 6) is 1.62. The number of hydrogen-bond donors (Lipinski definition) is 0. The Balaban J connectivity index is 1.72. The zero-order chi connectivity index (χ0) is 17.8. The number of rotatable bonds is 5. The van der Waals surface area contributed by atoms with Crippen LogP contribution in [-0.2, 0) is 5.75 Å². The Morgan fingerprint density at radius 2 is 1.54 bits per heavy atom. The van der Waals surface area contributed by atoms with E-state index in [9.17, 15) is 0 Å². The molecular formula is C21H16ClN3S. The highest BCUT2D eigenvalue weighted by atomic mass is 35.5. The Bertz CT molecular complexity index is 1000. The second-order valence-corrected chi connectivity index (χ2v) is 7.14. The van der Waals surface area contributed by atoms with E-state index in [1.54, 1.807) is 11.8 Å². The van der Waals surface area contributed by atoms with E-state index in [0.29, 0.717) is 0 Å². The van der Waals surface area contributed by atoms with E-state index in [2.05, 4.69) is 45.1 Å². The van der Waals surface area contributed by atoms with Gasteiger partial charge in [-0.2, -0.15) is 0 Å². The molecule has 4 aromatic rings. The molecule has 0 atom stereocenters. The molecule has 128 valence electrons. The number of nitrogens with zero attached hydrogens (tertiary/aromatic N) is 3. The largest absolute Gasteiger partial charge is 0.270 e. The van der Waals surface area contributed by atoms with Crippen molar-refractivity contribution in [1.29, 1.82) is 0 Å². The van der Waals surface area contributed by atoms with Crippen molar-refractivity contribution >= 4 is 23.4 Å². The van der Waals surface area contributed by atoms with Crippen LogP contribution in [0.1, 0.15) is 5.56 Å². The van der Waals surface area contributed by atoms with Gasteiger partial charge < -0.3 is 0 Å². The fourth-order valence-corrected chi connectivity index (χ4v) is 3.83. The summed E-state index contributed by atoms with van der Waals surface area (Å²) >= 11 is 7.75. The summed E-state index contributed by atoms with van der Waals surface area (Å²) in [5.41, 5.74) is 3.25. The fourth-order valence-electron chi connectivity index (χ4n) is 2.72.